The minimum Gasteiger partial charge on any atom is -0.379 e. The van der Waals surface area contributed by atoms with Gasteiger partial charge in [0.15, 0.2) is 6.29 Å². The average molecular weight is 253 g/mol. The number of rotatable bonds is 3. The Morgan fingerprint density at radius 3 is 2.83 bits per heavy atom. The van der Waals surface area contributed by atoms with Gasteiger partial charge in [-0.25, -0.2) is 0 Å². The van der Waals surface area contributed by atoms with Crippen LogP contribution >= 0.6 is 0 Å². The third-order valence-electron chi connectivity index (χ3n) is 4.03. The van der Waals surface area contributed by atoms with E-state index >= 15 is 0 Å². The highest BCUT2D eigenvalue weighted by atomic mass is 16.7. The van der Waals surface area contributed by atoms with Crippen molar-refractivity contribution in [3.8, 4) is 0 Å². The number of nitrogens with zero attached hydrogens (tertiary/aromatic N) is 1. The molecule has 3 rings (SSSR count). The van der Waals surface area contributed by atoms with E-state index in [9.17, 15) is 0 Å². The number of hydrogen-bond donors (Lipinski definition) is 0. The van der Waals surface area contributed by atoms with Crippen molar-refractivity contribution in [2.24, 2.45) is 5.92 Å². The van der Waals surface area contributed by atoms with Gasteiger partial charge in [-0.1, -0.05) is 12.2 Å². The van der Waals surface area contributed by atoms with Gasteiger partial charge in [-0.05, 0) is 19.3 Å². The third kappa shape index (κ3) is 3.12. The summed E-state index contributed by atoms with van der Waals surface area (Å²) in [5.41, 5.74) is 0. The standard InChI is InChI=1S/C14H23NO3/c1-2-4-12(5-3-1)14-17-11-13(18-14)10-15-6-8-16-9-7-15/h1-2,12-14H,3-11H2/t12-,13+,14-/m1/s1. The Hall–Kier alpha value is -0.420. The Labute approximate surface area is 109 Å². The lowest BCUT2D eigenvalue weighted by molar-refractivity contribution is -0.103. The number of morpholine rings is 1. The molecular formula is C14H23NO3. The minimum absolute atomic E-state index is 0.0287. The van der Waals surface area contributed by atoms with Crippen molar-refractivity contribution in [1.29, 1.82) is 0 Å². The predicted octanol–water partition coefficient (Wildman–Crippen LogP) is 1.42. The summed E-state index contributed by atoms with van der Waals surface area (Å²) >= 11 is 0. The molecule has 0 aromatic heterocycles. The van der Waals surface area contributed by atoms with Crippen molar-refractivity contribution in [3.63, 3.8) is 0 Å². The lowest BCUT2D eigenvalue weighted by atomic mass is 9.94. The Kier molecular flexibility index (Phi) is 4.31. The molecule has 2 fully saturated rings. The molecule has 0 aromatic rings. The normalized spacial score (nSPS) is 38.1. The molecule has 1 aliphatic carbocycles. The highest BCUT2D eigenvalue weighted by molar-refractivity contribution is 4.92. The smallest absolute Gasteiger partial charge is 0.161 e. The maximum absolute atomic E-state index is 6.07. The second kappa shape index (κ2) is 6.15. The molecule has 0 amide bonds. The van der Waals surface area contributed by atoms with E-state index in [1.54, 1.807) is 0 Å². The monoisotopic (exact) mass is 253 g/mol. The Balaban J connectivity index is 1.44. The Morgan fingerprint density at radius 1 is 1.17 bits per heavy atom. The molecule has 0 unspecified atom stereocenters. The van der Waals surface area contributed by atoms with Gasteiger partial charge in [0.1, 0.15) is 0 Å². The molecule has 3 atom stereocenters. The fourth-order valence-corrected chi connectivity index (χ4v) is 2.95. The predicted molar refractivity (Wildman–Crippen MR) is 68.4 cm³/mol. The van der Waals surface area contributed by atoms with Crippen molar-refractivity contribution in [2.75, 3.05) is 39.5 Å². The van der Waals surface area contributed by atoms with Gasteiger partial charge in [-0.15, -0.1) is 0 Å². The first-order valence-corrected chi connectivity index (χ1v) is 7.14. The first kappa shape index (κ1) is 12.6. The minimum atomic E-state index is 0.0287. The zero-order chi connectivity index (χ0) is 12.2. The number of ether oxygens (including phenoxy) is 3. The maximum atomic E-state index is 6.07. The van der Waals surface area contributed by atoms with E-state index in [0.717, 1.165) is 45.9 Å². The van der Waals surface area contributed by atoms with Crippen LogP contribution in [0.15, 0.2) is 12.2 Å². The summed E-state index contributed by atoms with van der Waals surface area (Å²) in [4.78, 5) is 2.42. The van der Waals surface area contributed by atoms with Gasteiger partial charge >= 0.3 is 0 Å². The van der Waals surface area contributed by atoms with Crippen LogP contribution in [0, 0.1) is 5.92 Å². The van der Waals surface area contributed by atoms with Crippen molar-refractivity contribution >= 4 is 0 Å². The van der Waals surface area contributed by atoms with Gasteiger partial charge in [0.05, 0.1) is 25.9 Å². The molecule has 18 heavy (non-hydrogen) atoms. The average Bonchev–Trinajstić information content (AvgIpc) is 2.89. The van der Waals surface area contributed by atoms with E-state index in [-0.39, 0.29) is 12.4 Å². The summed E-state index contributed by atoms with van der Waals surface area (Å²) < 4.78 is 17.3. The van der Waals surface area contributed by atoms with Gasteiger partial charge in [-0.3, -0.25) is 4.90 Å². The number of allylic oxidation sites excluding steroid dienone is 2. The lowest BCUT2D eigenvalue weighted by Crippen LogP contribution is -2.41. The third-order valence-corrected chi connectivity index (χ3v) is 4.03. The molecule has 0 aromatic carbocycles. The van der Waals surface area contributed by atoms with Crippen LogP contribution in [0.4, 0.5) is 0 Å². The lowest BCUT2D eigenvalue weighted by Gasteiger charge is -2.29. The zero-order valence-corrected chi connectivity index (χ0v) is 10.9. The van der Waals surface area contributed by atoms with E-state index in [1.165, 1.54) is 12.8 Å². The van der Waals surface area contributed by atoms with Crippen LogP contribution in [-0.2, 0) is 14.2 Å². The quantitative estimate of drug-likeness (QED) is 0.712. The summed E-state index contributed by atoms with van der Waals surface area (Å²) in [5, 5.41) is 0. The maximum Gasteiger partial charge on any atom is 0.161 e. The molecular weight excluding hydrogens is 230 g/mol. The molecule has 0 bridgehead atoms. The molecule has 0 spiro atoms. The molecule has 4 heteroatoms. The largest absolute Gasteiger partial charge is 0.379 e. The van der Waals surface area contributed by atoms with Crippen LogP contribution in [0.2, 0.25) is 0 Å². The summed E-state index contributed by atoms with van der Waals surface area (Å²) in [6.07, 6.45) is 8.27. The van der Waals surface area contributed by atoms with E-state index < -0.39 is 0 Å². The molecule has 0 radical (unpaired) electrons. The molecule has 2 aliphatic heterocycles. The van der Waals surface area contributed by atoms with Crippen molar-refractivity contribution < 1.29 is 14.2 Å². The van der Waals surface area contributed by atoms with E-state index in [0.29, 0.717) is 5.92 Å². The van der Waals surface area contributed by atoms with Crippen LogP contribution < -0.4 is 0 Å². The molecule has 4 nitrogen and oxygen atoms in total. The first-order valence-electron chi connectivity index (χ1n) is 7.14. The molecule has 2 saturated heterocycles. The summed E-state index contributed by atoms with van der Waals surface area (Å²) in [5.74, 6) is 0.560. The Bertz CT molecular complexity index is 289. The van der Waals surface area contributed by atoms with Gasteiger partial charge in [0, 0.05) is 25.6 Å². The summed E-state index contributed by atoms with van der Waals surface area (Å²) in [7, 11) is 0. The molecule has 0 N–H and O–H groups in total. The number of hydrogen-bond acceptors (Lipinski definition) is 4. The van der Waals surface area contributed by atoms with E-state index in [4.69, 9.17) is 14.2 Å². The molecule has 102 valence electrons. The fraction of sp³-hybridized carbons (Fsp3) is 0.857. The highest BCUT2D eigenvalue weighted by Crippen LogP contribution is 2.28. The SMILES string of the molecule is C1=CC[C@@H]([C@@H]2OC[C@H](CN3CCOCC3)O2)CC1. The molecule has 2 heterocycles. The van der Waals surface area contributed by atoms with Crippen molar-refractivity contribution in [2.45, 2.75) is 31.7 Å². The summed E-state index contributed by atoms with van der Waals surface area (Å²) in [6.45, 7) is 5.49. The second-order valence-corrected chi connectivity index (χ2v) is 5.42. The second-order valence-electron chi connectivity index (χ2n) is 5.42. The first-order chi connectivity index (χ1) is 8.92. The van der Waals surface area contributed by atoms with Crippen molar-refractivity contribution in [3.05, 3.63) is 12.2 Å². The van der Waals surface area contributed by atoms with Crippen LogP contribution in [0.25, 0.3) is 0 Å². The van der Waals surface area contributed by atoms with Gasteiger partial charge in [0.25, 0.3) is 0 Å². The van der Waals surface area contributed by atoms with Crippen LogP contribution in [0.3, 0.4) is 0 Å². The topological polar surface area (TPSA) is 30.9 Å². The van der Waals surface area contributed by atoms with Crippen molar-refractivity contribution in [1.82, 2.24) is 4.90 Å². The highest BCUT2D eigenvalue weighted by Gasteiger charge is 2.33. The van der Waals surface area contributed by atoms with E-state index in [2.05, 4.69) is 17.1 Å². The zero-order valence-electron chi connectivity index (χ0n) is 10.9. The van der Waals surface area contributed by atoms with Crippen LogP contribution in [-0.4, -0.2) is 56.7 Å². The molecule has 0 saturated carbocycles. The van der Waals surface area contributed by atoms with Crippen LogP contribution in [0.1, 0.15) is 19.3 Å². The summed E-state index contributed by atoms with van der Waals surface area (Å²) in [6, 6.07) is 0. The van der Waals surface area contributed by atoms with Gasteiger partial charge in [0.2, 0.25) is 0 Å². The fourth-order valence-electron chi connectivity index (χ4n) is 2.95. The molecule has 3 aliphatic rings. The Morgan fingerprint density at radius 2 is 2.06 bits per heavy atom. The van der Waals surface area contributed by atoms with Gasteiger partial charge in [-0.2, -0.15) is 0 Å². The van der Waals surface area contributed by atoms with Crippen LogP contribution in [0.5, 0.6) is 0 Å². The van der Waals surface area contributed by atoms with E-state index in [1.807, 2.05) is 0 Å². The van der Waals surface area contributed by atoms with Gasteiger partial charge < -0.3 is 14.2 Å².